The van der Waals surface area contributed by atoms with Gasteiger partial charge < -0.3 is 20.5 Å². The Morgan fingerprint density at radius 2 is 2.11 bits per heavy atom. The number of amides is 1. The molecule has 1 aliphatic heterocycles. The summed E-state index contributed by atoms with van der Waals surface area (Å²) in [6.07, 6.45) is 0. The number of benzene rings is 1. The van der Waals surface area contributed by atoms with Gasteiger partial charge in [-0.1, -0.05) is 30.3 Å². The lowest BCUT2D eigenvalue weighted by molar-refractivity contribution is -0.142. The summed E-state index contributed by atoms with van der Waals surface area (Å²) in [5, 5.41) is 14.7. The number of ether oxygens (including phenoxy) is 1. The molecule has 1 amide bonds. The van der Waals surface area contributed by atoms with Crippen LogP contribution in [0.4, 0.5) is 0 Å². The highest BCUT2D eigenvalue weighted by atomic mass is 16.5. The second-order valence-electron chi connectivity index (χ2n) is 4.27. The van der Waals surface area contributed by atoms with Crippen molar-refractivity contribution < 1.29 is 19.4 Å². The van der Waals surface area contributed by atoms with Crippen LogP contribution in [0.3, 0.4) is 0 Å². The molecule has 1 aliphatic rings. The van der Waals surface area contributed by atoms with Crippen LogP contribution in [0.5, 0.6) is 0 Å². The Hall–Kier alpha value is -1.92. The SMILES string of the molecule is O=C(N[C@H](C(=O)O)c1ccccc1)C1COCCN1. The van der Waals surface area contributed by atoms with Gasteiger partial charge in [0.05, 0.1) is 13.2 Å². The first-order chi connectivity index (χ1) is 9.18. The van der Waals surface area contributed by atoms with Gasteiger partial charge in [-0.2, -0.15) is 0 Å². The smallest absolute Gasteiger partial charge is 0.330 e. The average molecular weight is 264 g/mol. The minimum absolute atomic E-state index is 0.257. The van der Waals surface area contributed by atoms with Crippen molar-refractivity contribution in [3.63, 3.8) is 0 Å². The van der Waals surface area contributed by atoms with Crippen LogP contribution >= 0.6 is 0 Å². The molecule has 6 nitrogen and oxygen atoms in total. The highest BCUT2D eigenvalue weighted by Crippen LogP contribution is 2.13. The quantitative estimate of drug-likeness (QED) is 0.708. The minimum atomic E-state index is -1.09. The van der Waals surface area contributed by atoms with Crippen LogP contribution in [0.15, 0.2) is 30.3 Å². The number of carboxylic acid groups (broad SMARTS) is 1. The first-order valence-corrected chi connectivity index (χ1v) is 6.08. The van der Waals surface area contributed by atoms with Crippen LogP contribution in [-0.4, -0.2) is 42.8 Å². The van der Waals surface area contributed by atoms with E-state index < -0.39 is 18.1 Å². The molecule has 1 aromatic carbocycles. The Bertz CT molecular complexity index is 443. The van der Waals surface area contributed by atoms with Crippen molar-refractivity contribution >= 4 is 11.9 Å². The van der Waals surface area contributed by atoms with Gasteiger partial charge in [0.1, 0.15) is 6.04 Å². The second kappa shape index (κ2) is 6.31. The molecule has 1 unspecified atom stereocenters. The third kappa shape index (κ3) is 3.52. The molecule has 2 rings (SSSR count). The fraction of sp³-hybridized carbons (Fsp3) is 0.385. The molecule has 0 radical (unpaired) electrons. The molecule has 1 heterocycles. The summed E-state index contributed by atoms with van der Waals surface area (Å²) in [6, 6.07) is 7.06. The van der Waals surface area contributed by atoms with Crippen LogP contribution in [0.25, 0.3) is 0 Å². The maximum Gasteiger partial charge on any atom is 0.330 e. The summed E-state index contributed by atoms with van der Waals surface area (Å²) in [5.41, 5.74) is 0.542. The first-order valence-electron chi connectivity index (χ1n) is 6.08. The van der Waals surface area contributed by atoms with Gasteiger partial charge in [0, 0.05) is 6.54 Å². The van der Waals surface area contributed by atoms with Crippen LogP contribution in [0, 0.1) is 0 Å². The maximum absolute atomic E-state index is 12.0. The maximum atomic E-state index is 12.0. The van der Waals surface area contributed by atoms with Gasteiger partial charge in [-0.25, -0.2) is 4.79 Å². The molecular weight excluding hydrogens is 248 g/mol. The fourth-order valence-corrected chi connectivity index (χ4v) is 1.91. The standard InChI is InChI=1S/C13H16N2O4/c16-12(10-8-19-7-6-14-10)15-11(13(17)18)9-4-2-1-3-5-9/h1-5,10-11,14H,6-8H2,(H,15,16)(H,17,18)/t10?,11-/m0/s1. The number of hydrogen-bond donors (Lipinski definition) is 3. The Morgan fingerprint density at radius 3 is 2.68 bits per heavy atom. The molecule has 102 valence electrons. The summed E-state index contributed by atoms with van der Waals surface area (Å²) in [5.74, 6) is -1.45. The summed E-state index contributed by atoms with van der Waals surface area (Å²) in [6.45, 7) is 1.40. The zero-order chi connectivity index (χ0) is 13.7. The Morgan fingerprint density at radius 1 is 1.37 bits per heavy atom. The minimum Gasteiger partial charge on any atom is -0.479 e. The molecule has 19 heavy (non-hydrogen) atoms. The van der Waals surface area contributed by atoms with Crippen LogP contribution in [-0.2, 0) is 14.3 Å². The van der Waals surface area contributed by atoms with E-state index >= 15 is 0 Å². The average Bonchev–Trinajstić information content (AvgIpc) is 2.46. The third-order valence-corrected chi connectivity index (χ3v) is 2.90. The van der Waals surface area contributed by atoms with E-state index in [0.29, 0.717) is 18.7 Å². The molecule has 0 aromatic heterocycles. The summed E-state index contributed by atoms with van der Waals surface area (Å²) < 4.78 is 5.18. The van der Waals surface area contributed by atoms with Crippen molar-refractivity contribution in [2.75, 3.05) is 19.8 Å². The highest BCUT2D eigenvalue weighted by Gasteiger charge is 2.27. The molecular formula is C13H16N2O4. The predicted molar refractivity (Wildman–Crippen MR) is 67.6 cm³/mol. The van der Waals surface area contributed by atoms with Crippen LogP contribution in [0.1, 0.15) is 11.6 Å². The molecule has 1 fully saturated rings. The zero-order valence-electron chi connectivity index (χ0n) is 10.3. The monoisotopic (exact) mass is 264 g/mol. The number of morpholine rings is 1. The summed E-state index contributed by atoms with van der Waals surface area (Å²) in [4.78, 5) is 23.2. The van der Waals surface area contributed by atoms with E-state index in [2.05, 4.69) is 10.6 Å². The van der Waals surface area contributed by atoms with Gasteiger partial charge in [0.15, 0.2) is 6.04 Å². The van der Waals surface area contributed by atoms with Gasteiger partial charge in [-0.05, 0) is 5.56 Å². The van der Waals surface area contributed by atoms with E-state index in [1.54, 1.807) is 30.3 Å². The first kappa shape index (κ1) is 13.5. The van der Waals surface area contributed by atoms with Gasteiger partial charge in [0.2, 0.25) is 5.91 Å². The number of aliphatic carboxylic acids is 1. The third-order valence-electron chi connectivity index (χ3n) is 2.90. The van der Waals surface area contributed by atoms with E-state index in [1.165, 1.54) is 0 Å². The van der Waals surface area contributed by atoms with E-state index in [0.717, 1.165) is 0 Å². The number of carbonyl (C=O) groups excluding carboxylic acids is 1. The van der Waals surface area contributed by atoms with Crippen LogP contribution in [0.2, 0.25) is 0 Å². The van der Waals surface area contributed by atoms with Crippen molar-refractivity contribution in [2.45, 2.75) is 12.1 Å². The number of hydrogen-bond acceptors (Lipinski definition) is 4. The highest BCUT2D eigenvalue weighted by molar-refractivity contribution is 5.87. The Balaban J connectivity index is 2.04. The van der Waals surface area contributed by atoms with Crippen molar-refractivity contribution in [1.82, 2.24) is 10.6 Å². The molecule has 1 saturated heterocycles. The number of nitrogens with one attached hydrogen (secondary N) is 2. The lowest BCUT2D eigenvalue weighted by Crippen LogP contribution is -2.52. The molecule has 0 spiro atoms. The molecule has 6 heteroatoms. The van der Waals surface area contributed by atoms with Crippen molar-refractivity contribution in [1.29, 1.82) is 0 Å². The number of carboxylic acids is 1. The number of carbonyl (C=O) groups is 2. The fourth-order valence-electron chi connectivity index (χ4n) is 1.91. The van der Waals surface area contributed by atoms with Gasteiger partial charge in [-0.3, -0.25) is 4.79 Å². The Labute approximate surface area is 110 Å². The summed E-state index contributed by atoms with van der Waals surface area (Å²) >= 11 is 0. The predicted octanol–water partition coefficient (Wildman–Crippen LogP) is -0.0831. The van der Waals surface area contributed by atoms with E-state index in [9.17, 15) is 14.7 Å². The van der Waals surface area contributed by atoms with E-state index in [4.69, 9.17) is 4.74 Å². The topological polar surface area (TPSA) is 87.7 Å². The number of rotatable bonds is 4. The van der Waals surface area contributed by atoms with Crippen molar-refractivity contribution in [3.8, 4) is 0 Å². The van der Waals surface area contributed by atoms with Crippen molar-refractivity contribution in [2.24, 2.45) is 0 Å². The summed E-state index contributed by atoms with van der Waals surface area (Å²) in [7, 11) is 0. The van der Waals surface area contributed by atoms with Crippen molar-refractivity contribution in [3.05, 3.63) is 35.9 Å². The molecule has 1 aromatic rings. The van der Waals surface area contributed by atoms with E-state index in [-0.39, 0.29) is 12.5 Å². The lowest BCUT2D eigenvalue weighted by Gasteiger charge is -2.24. The lowest BCUT2D eigenvalue weighted by atomic mass is 10.1. The molecule has 0 aliphatic carbocycles. The molecule has 2 atom stereocenters. The van der Waals surface area contributed by atoms with E-state index in [1.807, 2.05) is 0 Å². The van der Waals surface area contributed by atoms with Gasteiger partial charge in [0.25, 0.3) is 0 Å². The largest absolute Gasteiger partial charge is 0.479 e. The molecule has 3 N–H and O–H groups in total. The van der Waals surface area contributed by atoms with Crippen LogP contribution < -0.4 is 10.6 Å². The van der Waals surface area contributed by atoms with Gasteiger partial charge >= 0.3 is 5.97 Å². The Kier molecular flexibility index (Phi) is 4.48. The normalized spacial score (nSPS) is 20.5. The second-order valence-corrected chi connectivity index (χ2v) is 4.27. The molecule has 0 saturated carbocycles. The zero-order valence-corrected chi connectivity index (χ0v) is 10.3. The van der Waals surface area contributed by atoms with Gasteiger partial charge in [-0.15, -0.1) is 0 Å². The molecule has 0 bridgehead atoms.